The topological polar surface area (TPSA) is 181 Å². The molecule has 0 aliphatic rings. The van der Waals surface area contributed by atoms with Crippen LogP contribution in [-0.4, -0.2) is 101 Å². The van der Waals surface area contributed by atoms with Gasteiger partial charge in [0.2, 0.25) is 0 Å². The molecule has 0 spiro atoms. The minimum atomic E-state index is -4.92. The van der Waals surface area contributed by atoms with Crippen LogP contribution >= 0.6 is 0 Å². The molecule has 1 aromatic carbocycles. The molecule has 1 rings (SSSR count). The van der Waals surface area contributed by atoms with Crippen molar-refractivity contribution in [2.75, 3.05) is 0 Å². The molecule has 0 radical (unpaired) electrons. The van der Waals surface area contributed by atoms with Gasteiger partial charge >= 0.3 is 59.1 Å². The first-order valence-electron chi connectivity index (χ1n) is 3.54. The molecule has 0 bridgehead atoms. The summed E-state index contributed by atoms with van der Waals surface area (Å²) in [5, 5.41) is 18.1. The van der Waals surface area contributed by atoms with Gasteiger partial charge < -0.3 is 15.7 Å². The fourth-order valence-corrected chi connectivity index (χ4v) is 2.14. The van der Waals surface area contributed by atoms with Gasteiger partial charge in [-0.1, -0.05) is 0 Å². The van der Waals surface area contributed by atoms with Gasteiger partial charge in [-0.05, 0) is 6.07 Å². The molecule has 0 aromatic heterocycles. The van der Waals surface area contributed by atoms with E-state index in [1.807, 2.05) is 0 Å². The van der Waals surface area contributed by atoms with E-state index in [-0.39, 0.29) is 64.6 Å². The second-order valence-corrected chi connectivity index (χ2v) is 5.55. The second-order valence-electron chi connectivity index (χ2n) is 2.74. The van der Waals surface area contributed by atoms with Gasteiger partial charge in [0.25, 0.3) is 20.2 Å². The first-order valence-corrected chi connectivity index (χ1v) is 6.42. The van der Waals surface area contributed by atoms with Crippen molar-refractivity contribution in [3.63, 3.8) is 0 Å². The van der Waals surface area contributed by atoms with Crippen LogP contribution in [0.2, 0.25) is 0 Å². The molecular weight excluding hydrogens is 326 g/mol. The maximum absolute atomic E-state index is 10.7. The zero-order valence-electron chi connectivity index (χ0n) is 7.89. The Hall–Kier alpha value is 0.600. The number of phenolic OH excluding ortho intramolecular Hbond substituents is 2. The summed E-state index contributed by atoms with van der Waals surface area (Å²) >= 11 is 0. The average molecular weight is 336 g/mol. The minimum absolute atomic E-state index is 0. The van der Waals surface area contributed by atoms with Crippen LogP contribution in [-0.2, 0) is 20.2 Å². The standard InChI is InChI=1S/C6H6O8S2.2Na.H2O.2H/c7-4-1-3(15(9,10)11)2-5(6(4)8)16(12,13)14;;;;;/h1-2,7-8H,(H,9,10,11)(H,12,13,14);;;1H2;;. The molecule has 0 saturated heterocycles. The van der Waals surface area contributed by atoms with E-state index in [0.29, 0.717) is 12.1 Å². The molecule has 9 nitrogen and oxygen atoms in total. The van der Waals surface area contributed by atoms with Crippen molar-refractivity contribution in [3.8, 4) is 11.5 Å². The molecule has 13 heteroatoms. The van der Waals surface area contributed by atoms with Gasteiger partial charge in [-0.3, -0.25) is 9.11 Å². The second kappa shape index (κ2) is 8.14. The zero-order valence-corrected chi connectivity index (χ0v) is 9.53. The molecular formula is C6H10Na2O9S2. The van der Waals surface area contributed by atoms with Crippen LogP contribution in [0, 0.1) is 0 Å². The Morgan fingerprint density at radius 1 is 0.842 bits per heavy atom. The number of phenols is 2. The van der Waals surface area contributed by atoms with Crippen LogP contribution in [0.25, 0.3) is 0 Å². The van der Waals surface area contributed by atoms with Crippen LogP contribution in [0.1, 0.15) is 0 Å². The van der Waals surface area contributed by atoms with Crippen LogP contribution in [0.4, 0.5) is 0 Å². The molecule has 0 aliphatic carbocycles. The third-order valence-corrected chi connectivity index (χ3v) is 3.30. The third-order valence-electron chi connectivity index (χ3n) is 1.60. The Morgan fingerprint density at radius 3 is 1.58 bits per heavy atom. The molecule has 0 fully saturated rings. The van der Waals surface area contributed by atoms with Gasteiger partial charge in [-0.25, -0.2) is 0 Å². The Balaban J connectivity index is -0.000000853. The summed E-state index contributed by atoms with van der Waals surface area (Å²) in [6, 6.07) is 0.735. The fraction of sp³-hybridized carbons (Fsp3) is 0. The van der Waals surface area contributed by atoms with E-state index < -0.39 is 41.5 Å². The summed E-state index contributed by atoms with van der Waals surface area (Å²) in [7, 11) is -9.70. The van der Waals surface area contributed by atoms with Gasteiger partial charge in [0.05, 0.1) is 4.90 Å². The Kier molecular flexibility index (Phi) is 10.5. The molecule has 0 aliphatic heterocycles. The average Bonchev–Trinajstić information content (AvgIpc) is 2.05. The quantitative estimate of drug-likeness (QED) is 0.259. The van der Waals surface area contributed by atoms with Gasteiger partial charge in [-0.15, -0.1) is 0 Å². The van der Waals surface area contributed by atoms with Gasteiger partial charge in [0.15, 0.2) is 11.5 Å². The van der Waals surface area contributed by atoms with Gasteiger partial charge in [-0.2, -0.15) is 16.8 Å². The van der Waals surface area contributed by atoms with E-state index in [2.05, 4.69) is 0 Å². The van der Waals surface area contributed by atoms with E-state index in [4.69, 9.17) is 19.3 Å². The predicted molar refractivity (Wildman–Crippen MR) is 67.3 cm³/mol. The van der Waals surface area contributed by atoms with E-state index >= 15 is 0 Å². The summed E-state index contributed by atoms with van der Waals surface area (Å²) in [6.07, 6.45) is 0. The third kappa shape index (κ3) is 6.27. The summed E-state index contributed by atoms with van der Waals surface area (Å²) in [5.74, 6) is -2.32. The van der Waals surface area contributed by atoms with E-state index in [0.717, 1.165) is 0 Å². The van der Waals surface area contributed by atoms with Gasteiger partial charge in [0, 0.05) is 6.07 Å². The molecule has 102 valence electrons. The van der Waals surface area contributed by atoms with Crippen LogP contribution in [0.3, 0.4) is 0 Å². The Morgan fingerprint density at radius 2 is 1.26 bits per heavy atom. The van der Waals surface area contributed by atoms with Crippen molar-refractivity contribution in [3.05, 3.63) is 12.1 Å². The van der Waals surface area contributed by atoms with E-state index in [1.165, 1.54) is 0 Å². The number of hydrogen-bond acceptors (Lipinski definition) is 6. The normalized spacial score (nSPS) is 10.6. The van der Waals surface area contributed by atoms with Crippen LogP contribution in [0.5, 0.6) is 11.5 Å². The number of rotatable bonds is 2. The number of aromatic hydroxyl groups is 2. The SMILES string of the molecule is O.O=S(=O)(O)c1cc(O)c(O)c(S(=O)(=O)O)c1.[NaH].[NaH]. The molecule has 19 heavy (non-hydrogen) atoms. The maximum atomic E-state index is 10.7. The Bertz CT molecular complexity index is 637. The Labute approximate surface area is 153 Å². The molecule has 0 atom stereocenters. The predicted octanol–water partition coefficient (Wildman–Crippen LogP) is -2.53. The molecule has 0 unspecified atom stereocenters. The van der Waals surface area contributed by atoms with Crippen molar-refractivity contribution in [1.82, 2.24) is 0 Å². The van der Waals surface area contributed by atoms with Crippen molar-refractivity contribution in [1.29, 1.82) is 0 Å². The summed E-state index contributed by atoms with van der Waals surface area (Å²) in [5.41, 5.74) is 0. The van der Waals surface area contributed by atoms with Crippen molar-refractivity contribution in [2.24, 2.45) is 0 Å². The molecule has 0 heterocycles. The van der Waals surface area contributed by atoms with Gasteiger partial charge in [0.1, 0.15) is 4.90 Å². The first-order chi connectivity index (χ1) is 7.03. The van der Waals surface area contributed by atoms with Crippen LogP contribution < -0.4 is 0 Å². The molecule has 0 amide bonds. The van der Waals surface area contributed by atoms with Crippen molar-refractivity contribution in [2.45, 2.75) is 9.79 Å². The van der Waals surface area contributed by atoms with E-state index in [1.54, 1.807) is 0 Å². The number of benzene rings is 1. The molecule has 6 N–H and O–H groups in total. The fourth-order valence-electron chi connectivity index (χ4n) is 0.914. The summed E-state index contributed by atoms with van der Waals surface area (Å²) < 4.78 is 59.9. The molecule has 0 saturated carbocycles. The monoisotopic (exact) mass is 336 g/mol. The van der Waals surface area contributed by atoms with Crippen LogP contribution in [0.15, 0.2) is 21.9 Å². The summed E-state index contributed by atoms with van der Waals surface area (Å²) in [4.78, 5) is -2.20. The van der Waals surface area contributed by atoms with Crippen molar-refractivity contribution >= 4 is 79.4 Å². The first kappa shape index (κ1) is 24.6. The van der Waals surface area contributed by atoms with E-state index in [9.17, 15) is 16.8 Å². The number of hydrogen-bond donors (Lipinski definition) is 4. The summed E-state index contributed by atoms with van der Waals surface area (Å²) in [6.45, 7) is 0. The zero-order chi connectivity index (χ0) is 12.7. The molecule has 1 aromatic rings. The van der Waals surface area contributed by atoms with Crippen molar-refractivity contribution < 1.29 is 41.6 Å².